The third-order valence-electron chi connectivity index (χ3n) is 3.68. The quantitative estimate of drug-likeness (QED) is 0.331. The highest BCUT2D eigenvalue weighted by Crippen LogP contribution is 2.27. The van der Waals surface area contributed by atoms with Crippen molar-refractivity contribution < 1.29 is 14.6 Å². The summed E-state index contributed by atoms with van der Waals surface area (Å²) >= 11 is 1.49. The van der Waals surface area contributed by atoms with Crippen molar-refractivity contribution in [2.45, 2.75) is 68.7 Å². The second-order valence-electron chi connectivity index (χ2n) is 5.57. The lowest BCUT2D eigenvalue weighted by atomic mass is 10.1. The van der Waals surface area contributed by atoms with Crippen LogP contribution in [0.5, 0.6) is 11.8 Å². The Morgan fingerprint density at radius 3 is 2.09 bits per heavy atom. The number of methoxy groups -OCH3 is 2. The lowest BCUT2D eigenvalue weighted by Gasteiger charge is -2.13. The van der Waals surface area contributed by atoms with Crippen LogP contribution >= 0.6 is 11.8 Å². The minimum absolute atomic E-state index is 0.113. The van der Waals surface area contributed by atoms with Gasteiger partial charge < -0.3 is 14.6 Å². The Balaban J connectivity index is 2.38. The van der Waals surface area contributed by atoms with Crippen LogP contribution in [0.4, 0.5) is 0 Å². The van der Waals surface area contributed by atoms with Crippen LogP contribution in [0.25, 0.3) is 0 Å². The van der Waals surface area contributed by atoms with Gasteiger partial charge in [-0.05, 0) is 6.42 Å². The highest BCUT2D eigenvalue weighted by atomic mass is 32.2. The van der Waals surface area contributed by atoms with Crippen molar-refractivity contribution in [2.75, 3.05) is 20.8 Å². The van der Waals surface area contributed by atoms with E-state index in [2.05, 4.69) is 16.9 Å². The molecule has 0 amide bonds. The second kappa shape index (κ2) is 12.4. The van der Waals surface area contributed by atoms with Gasteiger partial charge in [0, 0.05) is 5.25 Å². The van der Waals surface area contributed by atoms with Crippen molar-refractivity contribution in [3.63, 3.8) is 0 Å². The highest BCUT2D eigenvalue weighted by molar-refractivity contribution is 7.99. The van der Waals surface area contributed by atoms with E-state index in [1.165, 1.54) is 50.3 Å². The molecule has 132 valence electrons. The lowest BCUT2D eigenvalue weighted by molar-refractivity contribution is 0.288. The van der Waals surface area contributed by atoms with Gasteiger partial charge in [0.2, 0.25) is 11.8 Å². The monoisotopic (exact) mass is 342 g/mol. The summed E-state index contributed by atoms with van der Waals surface area (Å²) < 4.78 is 10.3. The van der Waals surface area contributed by atoms with E-state index >= 15 is 0 Å². The number of hydrogen-bond acceptors (Lipinski definition) is 6. The van der Waals surface area contributed by atoms with Crippen molar-refractivity contribution in [2.24, 2.45) is 0 Å². The number of nitrogens with zero attached hydrogens (tertiary/aromatic N) is 2. The van der Waals surface area contributed by atoms with Crippen LogP contribution < -0.4 is 9.47 Å². The molecule has 0 fully saturated rings. The largest absolute Gasteiger partial charge is 0.481 e. The first-order valence-electron chi connectivity index (χ1n) is 8.48. The van der Waals surface area contributed by atoms with Gasteiger partial charge >= 0.3 is 0 Å². The SMILES string of the molecule is CCCCCCCCCC(CO)Sc1nc(OC)cc(OC)n1. The van der Waals surface area contributed by atoms with Crippen LogP contribution in [-0.4, -0.2) is 41.2 Å². The molecule has 1 unspecified atom stereocenters. The molecule has 0 aliphatic rings. The van der Waals surface area contributed by atoms with Gasteiger partial charge in [-0.3, -0.25) is 0 Å². The van der Waals surface area contributed by atoms with Crippen LogP contribution in [0.15, 0.2) is 11.2 Å². The molecule has 23 heavy (non-hydrogen) atoms. The molecule has 6 heteroatoms. The normalized spacial score (nSPS) is 12.2. The van der Waals surface area contributed by atoms with Gasteiger partial charge in [0.05, 0.1) is 26.9 Å². The Hall–Kier alpha value is -1.01. The van der Waals surface area contributed by atoms with Crippen molar-refractivity contribution in [1.82, 2.24) is 9.97 Å². The topological polar surface area (TPSA) is 64.5 Å². The summed E-state index contributed by atoms with van der Waals surface area (Å²) in [6.45, 7) is 2.36. The molecule has 0 spiro atoms. The number of aliphatic hydroxyl groups excluding tert-OH is 1. The van der Waals surface area contributed by atoms with Crippen LogP contribution in [0.1, 0.15) is 58.3 Å². The molecule has 1 aromatic heterocycles. The molecule has 1 heterocycles. The molecule has 1 N–H and O–H groups in total. The summed E-state index contributed by atoms with van der Waals surface area (Å²) in [5.41, 5.74) is 0. The number of ether oxygens (including phenoxy) is 2. The Labute approximate surface area is 144 Å². The van der Waals surface area contributed by atoms with E-state index in [9.17, 15) is 5.11 Å². The molecule has 0 aromatic carbocycles. The third-order valence-corrected chi connectivity index (χ3v) is 4.79. The van der Waals surface area contributed by atoms with E-state index in [0.717, 1.165) is 12.8 Å². The van der Waals surface area contributed by atoms with Crippen molar-refractivity contribution in [1.29, 1.82) is 0 Å². The van der Waals surface area contributed by atoms with Crippen molar-refractivity contribution >= 4 is 11.8 Å². The molecule has 0 aliphatic heterocycles. The maximum Gasteiger partial charge on any atom is 0.220 e. The summed E-state index contributed by atoms with van der Waals surface area (Å²) in [4.78, 5) is 8.61. The average Bonchev–Trinajstić information content (AvgIpc) is 2.59. The van der Waals surface area contributed by atoms with Crippen molar-refractivity contribution in [3.05, 3.63) is 6.07 Å². The number of rotatable bonds is 13. The van der Waals surface area contributed by atoms with E-state index in [4.69, 9.17) is 9.47 Å². The maximum absolute atomic E-state index is 9.57. The number of aliphatic hydroxyl groups is 1. The first-order valence-corrected chi connectivity index (χ1v) is 9.36. The van der Waals surface area contributed by atoms with Gasteiger partial charge in [0.25, 0.3) is 0 Å². The fraction of sp³-hybridized carbons (Fsp3) is 0.765. The van der Waals surface area contributed by atoms with E-state index in [1.807, 2.05) is 0 Å². The van der Waals surface area contributed by atoms with Crippen LogP contribution in [-0.2, 0) is 0 Å². The zero-order valence-electron chi connectivity index (χ0n) is 14.6. The minimum atomic E-state index is 0.113. The Morgan fingerprint density at radius 1 is 1.00 bits per heavy atom. The fourth-order valence-corrected chi connectivity index (χ4v) is 3.25. The molecule has 0 aliphatic carbocycles. The van der Waals surface area contributed by atoms with Crippen LogP contribution in [0.2, 0.25) is 0 Å². The number of hydrogen-bond donors (Lipinski definition) is 1. The Kier molecular flexibility index (Phi) is 10.8. The molecule has 0 saturated carbocycles. The first kappa shape index (κ1) is 20.0. The van der Waals surface area contributed by atoms with Crippen molar-refractivity contribution in [3.8, 4) is 11.8 Å². The number of thioether (sulfide) groups is 1. The lowest BCUT2D eigenvalue weighted by Crippen LogP contribution is -2.09. The zero-order chi connectivity index (χ0) is 16.9. The molecule has 1 atom stereocenters. The minimum Gasteiger partial charge on any atom is -0.481 e. The molecule has 1 rings (SSSR count). The van der Waals surface area contributed by atoms with Gasteiger partial charge in [-0.1, -0.05) is 63.6 Å². The van der Waals surface area contributed by atoms with Gasteiger partial charge in [0.1, 0.15) is 0 Å². The smallest absolute Gasteiger partial charge is 0.220 e. The third kappa shape index (κ3) is 8.42. The predicted octanol–water partition coefficient (Wildman–Crippen LogP) is 4.09. The summed E-state index contributed by atoms with van der Waals surface area (Å²) in [6, 6.07) is 1.65. The van der Waals surface area contributed by atoms with E-state index in [-0.39, 0.29) is 11.9 Å². The summed E-state index contributed by atoms with van der Waals surface area (Å²) in [5, 5.41) is 10.3. The van der Waals surface area contributed by atoms with E-state index < -0.39 is 0 Å². The molecule has 0 radical (unpaired) electrons. The fourth-order valence-electron chi connectivity index (χ4n) is 2.31. The van der Waals surface area contributed by atoms with Gasteiger partial charge in [-0.2, -0.15) is 9.97 Å². The molecular weight excluding hydrogens is 312 g/mol. The number of unbranched alkanes of at least 4 members (excludes halogenated alkanes) is 6. The Morgan fingerprint density at radius 2 is 1.57 bits per heavy atom. The van der Waals surface area contributed by atoms with E-state index in [0.29, 0.717) is 16.9 Å². The zero-order valence-corrected chi connectivity index (χ0v) is 15.4. The van der Waals surface area contributed by atoms with Crippen LogP contribution in [0, 0.1) is 0 Å². The second-order valence-corrected chi connectivity index (χ2v) is 6.84. The maximum atomic E-state index is 9.57. The van der Waals surface area contributed by atoms with E-state index in [1.54, 1.807) is 20.3 Å². The summed E-state index contributed by atoms with van der Waals surface area (Å²) in [6.07, 6.45) is 9.89. The average molecular weight is 343 g/mol. The number of aromatic nitrogens is 2. The van der Waals surface area contributed by atoms with Gasteiger partial charge in [-0.15, -0.1) is 0 Å². The van der Waals surface area contributed by atoms with Gasteiger partial charge in [0.15, 0.2) is 5.16 Å². The molecule has 5 nitrogen and oxygen atoms in total. The Bertz CT molecular complexity index is 410. The molecule has 1 aromatic rings. The summed E-state index contributed by atoms with van der Waals surface area (Å²) in [5.74, 6) is 0.957. The predicted molar refractivity (Wildman–Crippen MR) is 94.5 cm³/mol. The molecule has 0 bridgehead atoms. The molecule has 0 saturated heterocycles. The standard InChI is InChI=1S/C17H30N2O3S/c1-4-5-6-7-8-9-10-11-14(13-20)23-17-18-15(21-2)12-16(19-17)22-3/h12,14,20H,4-11,13H2,1-3H3. The molecular formula is C17H30N2O3S. The summed E-state index contributed by atoms with van der Waals surface area (Å²) in [7, 11) is 3.14. The first-order chi connectivity index (χ1) is 11.2. The highest BCUT2D eigenvalue weighted by Gasteiger charge is 2.13. The van der Waals surface area contributed by atoms with Gasteiger partial charge in [-0.25, -0.2) is 0 Å². The van der Waals surface area contributed by atoms with Crippen LogP contribution in [0.3, 0.4) is 0 Å².